The molecule has 1 aliphatic rings. The summed E-state index contributed by atoms with van der Waals surface area (Å²) in [5.41, 5.74) is 3.30. The molecule has 3 aromatic rings. The number of aryl methyl sites for hydroxylation is 2. The number of rotatable bonds is 4. The Hall–Kier alpha value is -2.87. The first-order valence-electron chi connectivity index (χ1n) is 8.40. The van der Waals surface area contributed by atoms with Crippen molar-refractivity contribution in [3.8, 4) is 11.3 Å². The van der Waals surface area contributed by atoms with Crippen LogP contribution in [0.1, 0.15) is 30.6 Å². The van der Waals surface area contributed by atoms with Crippen molar-refractivity contribution in [1.29, 1.82) is 0 Å². The molecule has 1 atom stereocenters. The first-order valence-corrected chi connectivity index (χ1v) is 9.28. The number of hydrogen-bond donors (Lipinski definition) is 1. The molecule has 0 spiro atoms. The predicted octanol–water partition coefficient (Wildman–Crippen LogP) is 2.45. The van der Waals surface area contributed by atoms with Crippen LogP contribution in [0.25, 0.3) is 11.3 Å². The number of thiazole rings is 1. The molecule has 132 valence electrons. The predicted molar refractivity (Wildman–Crippen MR) is 99.2 cm³/mol. The first-order chi connectivity index (χ1) is 12.6. The van der Waals surface area contributed by atoms with Gasteiger partial charge in [0.25, 0.3) is 11.5 Å². The largest absolute Gasteiger partial charge is 0.300 e. The highest BCUT2D eigenvalue weighted by Gasteiger charge is 2.22. The quantitative estimate of drug-likeness (QED) is 0.765. The van der Waals surface area contributed by atoms with E-state index < -0.39 is 6.04 Å². The van der Waals surface area contributed by atoms with Gasteiger partial charge < -0.3 is 5.32 Å². The molecule has 1 aliphatic carbocycles. The lowest BCUT2D eigenvalue weighted by Gasteiger charge is -2.14. The molecule has 1 amide bonds. The molecule has 0 saturated carbocycles. The minimum atomic E-state index is -0.709. The van der Waals surface area contributed by atoms with E-state index in [1.54, 1.807) is 25.4 Å². The van der Waals surface area contributed by atoms with E-state index in [0.717, 1.165) is 41.8 Å². The van der Waals surface area contributed by atoms with E-state index in [-0.39, 0.29) is 11.5 Å². The number of pyridine rings is 1. The van der Waals surface area contributed by atoms with Crippen LogP contribution in [0, 0.1) is 0 Å². The molecule has 0 bridgehead atoms. The van der Waals surface area contributed by atoms with Crippen molar-refractivity contribution in [3.63, 3.8) is 0 Å². The molecule has 4 rings (SSSR count). The first kappa shape index (κ1) is 16.6. The zero-order chi connectivity index (χ0) is 18.1. The Kier molecular flexibility index (Phi) is 4.34. The average Bonchev–Trinajstić information content (AvgIpc) is 3.30. The van der Waals surface area contributed by atoms with Gasteiger partial charge in [0.1, 0.15) is 6.04 Å². The van der Waals surface area contributed by atoms with Gasteiger partial charge in [0, 0.05) is 29.4 Å². The van der Waals surface area contributed by atoms with E-state index in [2.05, 4.69) is 20.4 Å². The molecule has 0 radical (unpaired) electrons. The molecule has 0 aliphatic heterocycles. The number of carbonyl (C=O) groups is 1. The van der Waals surface area contributed by atoms with Crippen molar-refractivity contribution in [2.24, 2.45) is 0 Å². The number of aromatic nitrogens is 4. The van der Waals surface area contributed by atoms with E-state index in [9.17, 15) is 9.59 Å². The summed E-state index contributed by atoms with van der Waals surface area (Å²) in [5.74, 6) is -0.315. The lowest BCUT2D eigenvalue weighted by Crippen LogP contribution is -2.33. The van der Waals surface area contributed by atoms with E-state index in [4.69, 9.17) is 0 Å². The van der Waals surface area contributed by atoms with Crippen molar-refractivity contribution < 1.29 is 4.79 Å². The Balaban J connectivity index is 1.52. The third kappa shape index (κ3) is 3.15. The van der Waals surface area contributed by atoms with Crippen LogP contribution in [0.3, 0.4) is 0 Å². The fourth-order valence-electron chi connectivity index (χ4n) is 2.99. The van der Waals surface area contributed by atoms with Gasteiger partial charge >= 0.3 is 0 Å². The number of carbonyl (C=O) groups excluding carboxylic acids is 1. The van der Waals surface area contributed by atoms with Crippen LogP contribution >= 0.6 is 11.3 Å². The Morgan fingerprint density at radius 2 is 2.27 bits per heavy atom. The lowest BCUT2D eigenvalue weighted by atomic mass is 10.2. The minimum Gasteiger partial charge on any atom is -0.300 e. The summed E-state index contributed by atoms with van der Waals surface area (Å²) in [6.07, 6.45) is 6.15. The third-order valence-corrected chi connectivity index (χ3v) is 5.18. The topological polar surface area (TPSA) is 89.8 Å². The van der Waals surface area contributed by atoms with E-state index in [1.807, 2.05) is 17.5 Å². The van der Waals surface area contributed by atoms with Crippen molar-refractivity contribution >= 4 is 22.4 Å². The van der Waals surface area contributed by atoms with Gasteiger partial charge in [-0.1, -0.05) is 0 Å². The van der Waals surface area contributed by atoms with Crippen LogP contribution in [-0.4, -0.2) is 25.7 Å². The van der Waals surface area contributed by atoms with E-state index in [0.29, 0.717) is 5.13 Å². The highest BCUT2D eigenvalue weighted by Crippen LogP contribution is 2.25. The van der Waals surface area contributed by atoms with Gasteiger partial charge in [-0.15, -0.1) is 11.3 Å². The molecule has 0 unspecified atom stereocenters. The number of nitrogens with zero attached hydrogens (tertiary/aromatic N) is 4. The monoisotopic (exact) mass is 367 g/mol. The van der Waals surface area contributed by atoms with Crippen molar-refractivity contribution in [3.05, 3.63) is 57.6 Å². The Bertz CT molecular complexity index is 1010. The van der Waals surface area contributed by atoms with Crippen LogP contribution in [0.4, 0.5) is 5.13 Å². The van der Waals surface area contributed by atoms with Crippen LogP contribution in [-0.2, 0) is 17.6 Å². The second-order valence-electron chi connectivity index (χ2n) is 6.20. The number of nitrogens with one attached hydrogen (secondary N) is 1. The fourth-order valence-corrected chi connectivity index (χ4v) is 3.71. The van der Waals surface area contributed by atoms with Gasteiger partial charge in [0.2, 0.25) is 0 Å². The summed E-state index contributed by atoms with van der Waals surface area (Å²) in [4.78, 5) is 33.3. The zero-order valence-electron chi connectivity index (χ0n) is 14.2. The molecule has 0 saturated heterocycles. The molecular weight excluding hydrogens is 350 g/mol. The fraction of sp³-hybridized carbons (Fsp3) is 0.278. The molecule has 26 heavy (non-hydrogen) atoms. The summed E-state index contributed by atoms with van der Waals surface area (Å²) in [5, 5.41) is 9.50. The number of hydrogen-bond acceptors (Lipinski definition) is 6. The van der Waals surface area contributed by atoms with E-state index in [1.165, 1.54) is 16.0 Å². The maximum absolute atomic E-state index is 12.6. The number of fused-ring (bicyclic) bond motifs is 1. The van der Waals surface area contributed by atoms with Gasteiger partial charge in [0.15, 0.2) is 5.13 Å². The summed E-state index contributed by atoms with van der Waals surface area (Å²) in [6.45, 7) is 1.67. The molecule has 3 aromatic heterocycles. The molecule has 0 aromatic carbocycles. The third-order valence-electron chi connectivity index (χ3n) is 4.42. The molecular formula is C18H17N5O2S. The number of amides is 1. The highest BCUT2D eigenvalue weighted by atomic mass is 32.1. The van der Waals surface area contributed by atoms with Crippen molar-refractivity contribution in [1.82, 2.24) is 19.7 Å². The molecule has 0 fully saturated rings. The number of anilines is 1. The van der Waals surface area contributed by atoms with Crippen LogP contribution in [0.5, 0.6) is 0 Å². The second kappa shape index (κ2) is 6.80. The van der Waals surface area contributed by atoms with Crippen molar-refractivity contribution in [2.45, 2.75) is 32.2 Å². The standard InChI is InChI=1S/C18H17N5O2S/c1-11(23-16(24)8-12-4-2-6-14(12)22-23)17(25)21-18-20-15(10-26-18)13-5-3-7-19-9-13/h3,5,7-11H,2,4,6H2,1H3,(H,20,21,25)/t11-/m0/s1. The lowest BCUT2D eigenvalue weighted by molar-refractivity contribution is -0.119. The molecule has 1 N–H and O–H groups in total. The second-order valence-corrected chi connectivity index (χ2v) is 7.06. The SMILES string of the molecule is C[C@@H](C(=O)Nc1nc(-c2cccnc2)cs1)n1nc2c(cc1=O)CCC2. The Labute approximate surface area is 153 Å². The maximum atomic E-state index is 12.6. The smallest absolute Gasteiger partial charge is 0.267 e. The molecule has 7 nitrogen and oxygen atoms in total. The summed E-state index contributed by atoms with van der Waals surface area (Å²) in [6, 6.07) is 4.63. The zero-order valence-corrected chi connectivity index (χ0v) is 15.0. The van der Waals surface area contributed by atoms with Crippen LogP contribution in [0.2, 0.25) is 0 Å². The van der Waals surface area contributed by atoms with Crippen LogP contribution < -0.4 is 10.9 Å². The molecule has 3 heterocycles. The van der Waals surface area contributed by atoms with Crippen molar-refractivity contribution in [2.75, 3.05) is 5.32 Å². The Morgan fingerprint density at radius 1 is 1.38 bits per heavy atom. The summed E-state index contributed by atoms with van der Waals surface area (Å²) < 4.78 is 1.26. The van der Waals surface area contributed by atoms with Gasteiger partial charge in [-0.2, -0.15) is 5.10 Å². The van der Waals surface area contributed by atoms with E-state index >= 15 is 0 Å². The molecule has 8 heteroatoms. The minimum absolute atomic E-state index is 0.247. The average molecular weight is 367 g/mol. The Morgan fingerprint density at radius 3 is 3.08 bits per heavy atom. The van der Waals surface area contributed by atoms with Gasteiger partial charge in [0.05, 0.1) is 11.4 Å². The summed E-state index contributed by atoms with van der Waals surface area (Å²) in [7, 11) is 0. The normalized spacial score (nSPS) is 14.0. The van der Waals surface area contributed by atoms with Crippen LogP contribution in [0.15, 0.2) is 40.8 Å². The summed E-state index contributed by atoms with van der Waals surface area (Å²) >= 11 is 1.33. The maximum Gasteiger partial charge on any atom is 0.267 e. The highest BCUT2D eigenvalue weighted by molar-refractivity contribution is 7.14. The van der Waals surface area contributed by atoms with Gasteiger partial charge in [-0.3, -0.25) is 14.6 Å². The van der Waals surface area contributed by atoms with Gasteiger partial charge in [-0.25, -0.2) is 9.67 Å². The van der Waals surface area contributed by atoms with Gasteiger partial charge in [-0.05, 0) is 43.9 Å².